The molecular formula is C9H4Cl2F4O. The third-order valence-corrected chi connectivity index (χ3v) is 2.30. The summed E-state index contributed by atoms with van der Waals surface area (Å²) in [5.74, 6) is -2.76. The topological polar surface area (TPSA) is 17.1 Å². The summed E-state index contributed by atoms with van der Waals surface area (Å²) in [5.41, 5.74) is -1.94. The molecule has 0 aliphatic rings. The van der Waals surface area contributed by atoms with Gasteiger partial charge in [0.05, 0.1) is 22.0 Å². The van der Waals surface area contributed by atoms with Crippen LogP contribution in [0, 0.1) is 5.82 Å². The highest BCUT2D eigenvalue weighted by molar-refractivity contribution is 6.33. The van der Waals surface area contributed by atoms with Gasteiger partial charge in [-0.15, -0.1) is 11.6 Å². The van der Waals surface area contributed by atoms with Gasteiger partial charge in [0.15, 0.2) is 11.6 Å². The fraction of sp³-hybridized carbons (Fsp3) is 0.222. The minimum atomic E-state index is -4.70. The normalized spacial score (nSPS) is 11.6. The second-order valence-electron chi connectivity index (χ2n) is 2.87. The van der Waals surface area contributed by atoms with Gasteiger partial charge in [-0.25, -0.2) is 4.39 Å². The van der Waals surface area contributed by atoms with E-state index in [-0.39, 0.29) is 0 Å². The van der Waals surface area contributed by atoms with Crippen LogP contribution < -0.4 is 0 Å². The molecule has 0 aliphatic carbocycles. The Morgan fingerprint density at radius 1 is 1.31 bits per heavy atom. The molecule has 0 aliphatic heterocycles. The first kappa shape index (κ1) is 13.3. The van der Waals surface area contributed by atoms with E-state index < -0.39 is 39.8 Å². The molecule has 0 atom stereocenters. The fourth-order valence-electron chi connectivity index (χ4n) is 1.03. The van der Waals surface area contributed by atoms with Crippen LogP contribution in [0.3, 0.4) is 0 Å². The Bertz CT molecular complexity index is 428. The standard InChI is InChI=1S/C9H4Cl2F4O/c10-3-7(16)5-1-4(9(13,14)15)2-6(11)8(5)12/h1-2H,3H2. The molecule has 0 unspecified atom stereocenters. The fourth-order valence-corrected chi connectivity index (χ4v) is 1.39. The molecule has 0 N–H and O–H groups in total. The third-order valence-electron chi connectivity index (χ3n) is 1.78. The van der Waals surface area contributed by atoms with Crippen molar-refractivity contribution in [3.63, 3.8) is 0 Å². The molecule has 0 fully saturated rings. The molecular weight excluding hydrogens is 271 g/mol. The van der Waals surface area contributed by atoms with Gasteiger partial charge in [0.1, 0.15) is 0 Å². The molecule has 0 amide bonds. The van der Waals surface area contributed by atoms with E-state index in [4.69, 9.17) is 23.2 Å². The maximum absolute atomic E-state index is 13.2. The monoisotopic (exact) mass is 274 g/mol. The lowest BCUT2D eigenvalue weighted by Gasteiger charge is -2.09. The van der Waals surface area contributed by atoms with Gasteiger partial charge in [0.25, 0.3) is 0 Å². The average Bonchev–Trinajstić information content (AvgIpc) is 2.19. The largest absolute Gasteiger partial charge is 0.416 e. The lowest BCUT2D eigenvalue weighted by atomic mass is 10.1. The van der Waals surface area contributed by atoms with Gasteiger partial charge in [-0.05, 0) is 12.1 Å². The molecule has 0 saturated heterocycles. The summed E-state index contributed by atoms with van der Waals surface area (Å²) in [4.78, 5) is 11.1. The Morgan fingerprint density at radius 2 is 1.88 bits per heavy atom. The second-order valence-corrected chi connectivity index (χ2v) is 3.55. The molecule has 0 aromatic heterocycles. The van der Waals surface area contributed by atoms with Crippen molar-refractivity contribution in [2.75, 3.05) is 5.88 Å². The lowest BCUT2D eigenvalue weighted by molar-refractivity contribution is -0.137. The van der Waals surface area contributed by atoms with Gasteiger partial charge in [0, 0.05) is 0 Å². The summed E-state index contributed by atoms with van der Waals surface area (Å²) < 4.78 is 50.2. The van der Waals surface area contributed by atoms with Gasteiger partial charge in [-0.3, -0.25) is 4.79 Å². The number of Topliss-reactive ketones (excluding diaryl/α,β-unsaturated/α-hetero) is 1. The van der Waals surface area contributed by atoms with Crippen LogP contribution in [0.2, 0.25) is 5.02 Å². The quantitative estimate of drug-likeness (QED) is 0.454. The average molecular weight is 275 g/mol. The highest BCUT2D eigenvalue weighted by Gasteiger charge is 2.33. The molecule has 0 spiro atoms. The van der Waals surface area contributed by atoms with Crippen molar-refractivity contribution in [2.45, 2.75) is 6.18 Å². The summed E-state index contributed by atoms with van der Waals surface area (Å²) in [6.07, 6.45) is -4.70. The number of hydrogen-bond acceptors (Lipinski definition) is 1. The Morgan fingerprint density at radius 3 is 2.31 bits per heavy atom. The predicted molar refractivity (Wildman–Crippen MR) is 51.5 cm³/mol. The summed E-state index contributed by atoms with van der Waals surface area (Å²) in [5, 5.41) is -0.761. The van der Waals surface area contributed by atoms with Gasteiger partial charge in [-0.1, -0.05) is 11.6 Å². The van der Waals surface area contributed by atoms with E-state index in [9.17, 15) is 22.4 Å². The first-order valence-electron chi connectivity index (χ1n) is 3.92. The van der Waals surface area contributed by atoms with Crippen molar-refractivity contribution in [1.82, 2.24) is 0 Å². The summed E-state index contributed by atoms with van der Waals surface area (Å²) in [6.45, 7) is 0. The molecule has 0 bridgehead atoms. The van der Waals surface area contributed by atoms with Crippen LogP contribution in [0.25, 0.3) is 0 Å². The van der Waals surface area contributed by atoms with E-state index in [1.54, 1.807) is 0 Å². The van der Waals surface area contributed by atoms with Crippen LogP contribution in [-0.4, -0.2) is 11.7 Å². The van der Waals surface area contributed by atoms with Gasteiger partial charge in [-0.2, -0.15) is 13.2 Å². The highest BCUT2D eigenvalue weighted by Crippen LogP contribution is 2.33. The number of halogens is 6. The number of hydrogen-bond donors (Lipinski definition) is 0. The molecule has 0 heterocycles. The van der Waals surface area contributed by atoms with Crippen molar-refractivity contribution in [1.29, 1.82) is 0 Å². The smallest absolute Gasteiger partial charge is 0.293 e. The van der Waals surface area contributed by atoms with Crippen LogP contribution >= 0.6 is 23.2 Å². The Balaban J connectivity index is 3.39. The highest BCUT2D eigenvalue weighted by atomic mass is 35.5. The number of carbonyl (C=O) groups excluding carboxylic acids is 1. The van der Waals surface area contributed by atoms with E-state index in [1.807, 2.05) is 0 Å². The summed E-state index contributed by atoms with van der Waals surface area (Å²) in [6, 6.07) is 0.813. The minimum absolute atomic E-state index is 0.395. The Kier molecular flexibility index (Phi) is 3.80. The Labute approximate surface area is 98.0 Å². The van der Waals surface area contributed by atoms with Crippen molar-refractivity contribution < 1.29 is 22.4 Å². The zero-order chi connectivity index (χ0) is 12.5. The van der Waals surface area contributed by atoms with Crippen LogP contribution in [0.5, 0.6) is 0 Å². The molecule has 7 heteroatoms. The molecule has 88 valence electrons. The van der Waals surface area contributed by atoms with Crippen LogP contribution in [0.4, 0.5) is 17.6 Å². The lowest BCUT2D eigenvalue weighted by Crippen LogP contribution is -2.10. The molecule has 1 aromatic rings. The zero-order valence-corrected chi connectivity index (χ0v) is 9.05. The number of benzene rings is 1. The molecule has 1 aromatic carbocycles. The number of ketones is 1. The SMILES string of the molecule is O=C(CCl)c1cc(C(F)(F)F)cc(Cl)c1F. The van der Waals surface area contributed by atoms with Gasteiger partial charge in [0.2, 0.25) is 0 Å². The predicted octanol–water partition coefficient (Wildman–Crippen LogP) is 3.92. The van der Waals surface area contributed by atoms with E-state index in [1.165, 1.54) is 0 Å². The number of carbonyl (C=O) groups is 1. The van der Waals surface area contributed by atoms with E-state index in [0.717, 1.165) is 0 Å². The van der Waals surface area contributed by atoms with Crippen molar-refractivity contribution in [3.05, 3.63) is 34.1 Å². The van der Waals surface area contributed by atoms with Crippen LogP contribution in [-0.2, 0) is 6.18 Å². The molecule has 1 nitrogen and oxygen atoms in total. The van der Waals surface area contributed by atoms with Gasteiger partial charge >= 0.3 is 6.18 Å². The van der Waals surface area contributed by atoms with E-state index in [2.05, 4.69) is 0 Å². The number of rotatable bonds is 2. The molecule has 0 radical (unpaired) electrons. The molecule has 1 rings (SSSR count). The maximum atomic E-state index is 13.2. The van der Waals surface area contributed by atoms with Crippen molar-refractivity contribution in [2.24, 2.45) is 0 Å². The van der Waals surface area contributed by atoms with E-state index in [0.29, 0.717) is 12.1 Å². The summed E-state index contributed by atoms with van der Waals surface area (Å²) in [7, 11) is 0. The number of alkyl halides is 4. The van der Waals surface area contributed by atoms with Crippen molar-refractivity contribution >= 4 is 29.0 Å². The van der Waals surface area contributed by atoms with Crippen molar-refractivity contribution in [3.8, 4) is 0 Å². The summed E-state index contributed by atoms with van der Waals surface area (Å²) >= 11 is 10.4. The second kappa shape index (κ2) is 4.59. The maximum Gasteiger partial charge on any atom is 0.416 e. The first-order chi connectivity index (χ1) is 7.27. The Hall–Kier alpha value is -0.810. The minimum Gasteiger partial charge on any atom is -0.293 e. The first-order valence-corrected chi connectivity index (χ1v) is 4.84. The van der Waals surface area contributed by atoms with Crippen LogP contribution in [0.15, 0.2) is 12.1 Å². The molecule has 16 heavy (non-hydrogen) atoms. The molecule has 0 saturated carbocycles. The van der Waals surface area contributed by atoms with Crippen LogP contribution in [0.1, 0.15) is 15.9 Å². The van der Waals surface area contributed by atoms with E-state index >= 15 is 0 Å². The third kappa shape index (κ3) is 2.65. The van der Waals surface area contributed by atoms with Gasteiger partial charge < -0.3 is 0 Å². The zero-order valence-electron chi connectivity index (χ0n) is 7.54.